The predicted molar refractivity (Wildman–Crippen MR) is 67.8 cm³/mol. The van der Waals surface area contributed by atoms with Crippen LogP contribution in [0, 0.1) is 0 Å². The second kappa shape index (κ2) is 4.84. The van der Waals surface area contributed by atoms with Crippen LogP contribution < -0.4 is 5.73 Å². The summed E-state index contributed by atoms with van der Waals surface area (Å²) in [7, 11) is 2.16. The van der Waals surface area contributed by atoms with E-state index in [0.717, 1.165) is 12.8 Å². The van der Waals surface area contributed by atoms with E-state index in [1.54, 1.807) is 0 Å². The molecule has 2 aliphatic heterocycles. The molecule has 3 atom stereocenters. The SMILES string of the molecule is CC(C)OCC(N)C1(O)CC2CCC(C1)N2C. The molecule has 0 aromatic carbocycles. The molecule has 0 amide bonds. The van der Waals surface area contributed by atoms with Crippen molar-refractivity contribution in [2.75, 3.05) is 13.7 Å². The van der Waals surface area contributed by atoms with E-state index < -0.39 is 5.60 Å². The largest absolute Gasteiger partial charge is 0.388 e. The summed E-state index contributed by atoms with van der Waals surface area (Å²) in [5.74, 6) is 0. The van der Waals surface area contributed by atoms with Gasteiger partial charge in [-0.15, -0.1) is 0 Å². The number of aliphatic hydroxyl groups is 1. The lowest BCUT2D eigenvalue weighted by Crippen LogP contribution is -2.59. The Bertz CT molecular complexity index is 256. The highest BCUT2D eigenvalue weighted by Crippen LogP contribution is 2.40. The van der Waals surface area contributed by atoms with Crippen LogP contribution in [0.2, 0.25) is 0 Å². The van der Waals surface area contributed by atoms with Crippen molar-refractivity contribution in [1.29, 1.82) is 0 Å². The second-order valence-corrected chi connectivity index (χ2v) is 6.05. The van der Waals surface area contributed by atoms with E-state index in [2.05, 4.69) is 11.9 Å². The minimum atomic E-state index is -0.729. The molecule has 2 bridgehead atoms. The standard InChI is InChI=1S/C13H26N2O2/c1-9(2)17-8-12(14)13(16)6-10-4-5-11(7-13)15(10)3/h9-12,16H,4-8,14H2,1-3H3. The summed E-state index contributed by atoms with van der Waals surface area (Å²) in [6.07, 6.45) is 4.15. The van der Waals surface area contributed by atoms with E-state index >= 15 is 0 Å². The number of nitrogens with zero attached hydrogens (tertiary/aromatic N) is 1. The highest BCUT2D eigenvalue weighted by molar-refractivity contribution is 5.04. The van der Waals surface area contributed by atoms with Crippen LogP contribution in [0.5, 0.6) is 0 Å². The quantitative estimate of drug-likeness (QED) is 0.763. The first kappa shape index (κ1) is 13.3. The van der Waals surface area contributed by atoms with Gasteiger partial charge in [0.25, 0.3) is 0 Å². The maximum atomic E-state index is 10.7. The van der Waals surface area contributed by atoms with Gasteiger partial charge in [0, 0.05) is 12.1 Å². The van der Waals surface area contributed by atoms with Gasteiger partial charge in [-0.05, 0) is 46.6 Å². The molecule has 0 aromatic rings. The van der Waals surface area contributed by atoms with Crippen molar-refractivity contribution < 1.29 is 9.84 Å². The monoisotopic (exact) mass is 242 g/mol. The molecule has 0 saturated carbocycles. The predicted octanol–water partition coefficient (Wildman–Crippen LogP) is 0.726. The molecule has 2 aliphatic rings. The molecular formula is C13H26N2O2. The third-order valence-electron chi connectivity index (χ3n) is 4.46. The Morgan fingerprint density at radius 3 is 2.35 bits per heavy atom. The zero-order valence-corrected chi connectivity index (χ0v) is 11.2. The van der Waals surface area contributed by atoms with Crippen LogP contribution in [-0.4, -0.2) is 53.5 Å². The van der Waals surface area contributed by atoms with Gasteiger partial charge in [-0.3, -0.25) is 0 Å². The molecule has 2 rings (SSSR count). The number of fused-ring (bicyclic) bond motifs is 2. The Balaban J connectivity index is 1.95. The van der Waals surface area contributed by atoms with Crippen molar-refractivity contribution in [3.63, 3.8) is 0 Å². The minimum Gasteiger partial charge on any atom is -0.388 e. The normalized spacial score (nSPS) is 39.9. The Morgan fingerprint density at radius 2 is 1.88 bits per heavy atom. The lowest BCUT2D eigenvalue weighted by atomic mass is 9.81. The first-order chi connectivity index (χ1) is 7.92. The lowest BCUT2D eigenvalue weighted by molar-refractivity contribution is -0.0834. The van der Waals surface area contributed by atoms with Gasteiger partial charge in [-0.25, -0.2) is 0 Å². The summed E-state index contributed by atoms with van der Waals surface area (Å²) in [6.45, 7) is 4.45. The van der Waals surface area contributed by atoms with Crippen molar-refractivity contribution in [2.45, 2.75) is 69.4 Å². The third-order valence-corrected chi connectivity index (χ3v) is 4.46. The van der Waals surface area contributed by atoms with Gasteiger partial charge in [-0.1, -0.05) is 0 Å². The van der Waals surface area contributed by atoms with Crippen molar-refractivity contribution in [2.24, 2.45) is 5.73 Å². The van der Waals surface area contributed by atoms with Crippen LogP contribution in [0.4, 0.5) is 0 Å². The number of hydrogen-bond donors (Lipinski definition) is 2. The van der Waals surface area contributed by atoms with E-state index in [1.807, 2.05) is 13.8 Å². The molecule has 2 saturated heterocycles. The molecule has 0 aliphatic carbocycles. The average molecular weight is 242 g/mol. The van der Waals surface area contributed by atoms with Crippen LogP contribution in [-0.2, 0) is 4.74 Å². The molecule has 0 spiro atoms. The molecule has 4 nitrogen and oxygen atoms in total. The maximum absolute atomic E-state index is 10.7. The Labute approximate surface area is 104 Å². The topological polar surface area (TPSA) is 58.7 Å². The smallest absolute Gasteiger partial charge is 0.0850 e. The van der Waals surface area contributed by atoms with Crippen LogP contribution in [0.25, 0.3) is 0 Å². The van der Waals surface area contributed by atoms with Crippen LogP contribution in [0.1, 0.15) is 39.5 Å². The number of ether oxygens (including phenoxy) is 1. The Kier molecular flexibility index (Phi) is 3.78. The van der Waals surface area contributed by atoms with Gasteiger partial charge in [0.2, 0.25) is 0 Å². The molecule has 4 heteroatoms. The van der Waals surface area contributed by atoms with E-state index in [4.69, 9.17) is 10.5 Å². The van der Waals surface area contributed by atoms with Gasteiger partial charge >= 0.3 is 0 Å². The third kappa shape index (κ3) is 2.65. The van der Waals surface area contributed by atoms with Crippen molar-refractivity contribution >= 4 is 0 Å². The maximum Gasteiger partial charge on any atom is 0.0850 e. The molecular weight excluding hydrogens is 216 g/mol. The van der Waals surface area contributed by atoms with Crippen LogP contribution >= 0.6 is 0 Å². The summed E-state index contributed by atoms with van der Waals surface area (Å²) in [5.41, 5.74) is 5.41. The van der Waals surface area contributed by atoms with Crippen LogP contribution in [0.15, 0.2) is 0 Å². The average Bonchev–Trinajstić information content (AvgIpc) is 2.51. The molecule has 17 heavy (non-hydrogen) atoms. The zero-order valence-electron chi connectivity index (χ0n) is 11.2. The van der Waals surface area contributed by atoms with Crippen molar-refractivity contribution in [3.05, 3.63) is 0 Å². The summed E-state index contributed by atoms with van der Waals surface area (Å²) in [4.78, 5) is 2.41. The van der Waals surface area contributed by atoms with E-state index in [-0.39, 0.29) is 12.1 Å². The fourth-order valence-electron chi connectivity index (χ4n) is 3.24. The first-order valence-electron chi connectivity index (χ1n) is 6.74. The lowest BCUT2D eigenvalue weighted by Gasteiger charge is -2.45. The zero-order chi connectivity index (χ0) is 12.6. The van der Waals surface area contributed by atoms with E-state index in [1.165, 1.54) is 12.8 Å². The van der Waals surface area contributed by atoms with E-state index in [9.17, 15) is 5.11 Å². The van der Waals surface area contributed by atoms with Crippen LogP contribution in [0.3, 0.4) is 0 Å². The fraction of sp³-hybridized carbons (Fsp3) is 1.00. The molecule has 0 radical (unpaired) electrons. The minimum absolute atomic E-state index is 0.174. The summed E-state index contributed by atoms with van der Waals surface area (Å²) in [6, 6.07) is 0.745. The highest BCUT2D eigenvalue weighted by Gasteiger charge is 2.48. The fourth-order valence-corrected chi connectivity index (χ4v) is 3.24. The summed E-state index contributed by atoms with van der Waals surface area (Å²) >= 11 is 0. The van der Waals surface area contributed by atoms with E-state index in [0.29, 0.717) is 18.7 Å². The van der Waals surface area contributed by atoms with Gasteiger partial charge in [0.05, 0.1) is 24.4 Å². The van der Waals surface area contributed by atoms with Gasteiger partial charge < -0.3 is 20.5 Å². The summed E-state index contributed by atoms with van der Waals surface area (Å²) < 4.78 is 5.54. The molecule has 3 N–H and O–H groups in total. The molecule has 2 fully saturated rings. The molecule has 3 unspecified atom stereocenters. The molecule has 2 heterocycles. The Morgan fingerprint density at radius 1 is 1.35 bits per heavy atom. The number of nitrogens with two attached hydrogens (primary N) is 1. The molecule has 0 aromatic heterocycles. The van der Waals surface area contributed by atoms with Crippen molar-refractivity contribution in [3.8, 4) is 0 Å². The number of piperidine rings is 1. The number of hydrogen-bond acceptors (Lipinski definition) is 4. The van der Waals surface area contributed by atoms with Gasteiger partial charge in [0.1, 0.15) is 0 Å². The Hall–Kier alpha value is -0.160. The number of rotatable bonds is 4. The van der Waals surface area contributed by atoms with Crippen molar-refractivity contribution in [1.82, 2.24) is 4.90 Å². The molecule has 100 valence electrons. The summed E-state index contributed by atoms with van der Waals surface area (Å²) in [5, 5.41) is 10.7. The first-order valence-corrected chi connectivity index (χ1v) is 6.74. The second-order valence-electron chi connectivity index (χ2n) is 6.05. The van der Waals surface area contributed by atoms with Gasteiger partial charge in [-0.2, -0.15) is 0 Å². The van der Waals surface area contributed by atoms with Gasteiger partial charge in [0.15, 0.2) is 0 Å². The highest BCUT2D eigenvalue weighted by atomic mass is 16.5.